The van der Waals surface area contributed by atoms with Crippen LogP contribution < -0.4 is 5.63 Å². The number of halogens is 1. The van der Waals surface area contributed by atoms with E-state index < -0.39 is 5.63 Å². The molecule has 8 nitrogen and oxygen atoms in total. The van der Waals surface area contributed by atoms with E-state index in [1.165, 1.54) is 0 Å². The van der Waals surface area contributed by atoms with Gasteiger partial charge in [0, 0.05) is 34.2 Å². The second-order valence-electron chi connectivity index (χ2n) is 6.50. The van der Waals surface area contributed by atoms with Gasteiger partial charge in [0.1, 0.15) is 12.2 Å². The Balaban J connectivity index is 1.78. The molecular formula is C21H16ClN3O5. The summed E-state index contributed by atoms with van der Waals surface area (Å²) in [5.74, 6) is -0.0171. The highest BCUT2D eigenvalue weighted by Gasteiger charge is 2.19. The summed E-state index contributed by atoms with van der Waals surface area (Å²) >= 11 is 5.90. The number of hydrogen-bond acceptors (Lipinski definition) is 8. The number of fused-ring (bicyclic) bond motifs is 1. The van der Waals surface area contributed by atoms with Crippen molar-refractivity contribution in [1.29, 1.82) is 0 Å². The molecule has 4 aromatic rings. The van der Waals surface area contributed by atoms with Gasteiger partial charge in [0.05, 0.1) is 5.69 Å². The molecule has 0 radical (unpaired) electrons. The molecule has 0 aliphatic rings. The first-order valence-electron chi connectivity index (χ1n) is 9.14. The molecule has 0 saturated carbocycles. The molecule has 0 N–H and O–H groups in total. The normalized spacial score (nSPS) is 11.0. The Bertz CT molecular complexity index is 1290. The summed E-state index contributed by atoms with van der Waals surface area (Å²) in [5, 5.41) is 5.09. The molecule has 0 spiro atoms. The third-order valence-electron chi connectivity index (χ3n) is 4.47. The van der Waals surface area contributed by atoms with E-state index in [1.54, 1.807) is 50.4 Å². The zero-order valence-electron chi connectivity index (χ0n) is 16.1. The van der Waals surface area contributed by atoms with Gasteiger partial charge in [-0.2, -0.15) is 4.98 Å². The van der Waals surface area contributed by atoms with Crippen molar-refractivity contribution < 1.29 is 18.5 Å². The van der Waals surface area contributed by atoms with Crippen LogP contribution in [0.4, 0.5) is 0 Å². The summed E-state index contributed by atoms with van der Waals surface area (Å²) in [6.45, 7) is 3.43. The molecule has 0 aliphatic carbocycles. The van der Waals surface area contributed by atoms with E-state index in [0.29, 0.717) is 38.6 Å². The van der Waals surface area contributed by atoms with Crippen molar-refractivity contribution in [2.75, 3.05) is 0 Å². The third kappa shape index (κ3) is 3.81. The lowest BCUT2D eigenvalue weighted by Gasteiger charge is -2.08. The first kappa shape index (κ1) is 19.8. The lowest BCUT2D eigenvalue weighted by molar-refractivity contribution is -0.144. The Morgan fingerprint density at radius 2 is 2.00 bits per heavy atom. The van der Waals surface area contributed by atoms with Crippen molar-refractivity contribution in [3.63, 3.8) is 0 Å². The molecule has 0 unspecified atom stereocenters. The van der Waals surface area contributed by atoms with E-state index in [2.05, 4.69) is 15.1 Å². The van der Waals surface area contributed by atoms with Gasteiger partial charge < -0.3 is 13.7 Å². The molecule has 0 amide bonds. The topological polar surface area (TPSA) is 108 Å². The van der Waals surface area contributed by atoms with Crippen LogP contribution in [-0.2, 0) is 16.1 Å². The van der Waals surface area contributed by atoms with Crippen LogP contribution in [0, 0.1) is 6.92 Å². The number of hydrogen-bond donors (Lipinski definition) is 0. The van der Waals surface area contributed by atoms with E-state index in [0.717, 1.165) is 0 Å². The van der Waals surface area contributed by atoms with Crippen molar-refractivity contribution in [2.24, 2.45) is 0 Å². The third-order valence-corrected chi connectivity index (χ3v) is 4.72. The molecule has 3 heterocycles. The number of aryl methyl sites for hydroxylation is 1. The van der Waals surface area contributed by atoms with Crippen molar-refractivity contribution in [2.45, 2.75) is 26.9 Å². The second kappa shape index (κ2) is 8.08. The molecule has 3 aromatic heterocycles. The smallest absolute Gasteiger partial charge is 0.349 e. The first-order valence-corrected chi connectivity index (χ1v) is 9.52. The summed E-state index contributed by atoms with van der Waals surface area (Å²) in [6, 6.07) is 8.49. The van der Waals surface area contributed by atoms with E-state index >= 15 is 0 Å². The monoisotopic (exact) mass is 425 g/mol. The molecule has 152 valence electrons. The van der Waals surface area contributed by atoms with Crippen LogP contribution in [0.2, 0.25) is 5.02 Å². The van der Waals surface area contributed by atoms with E-state index in [4.69, 9.17) is 25.3 Å². The fraction of sp³-hybridized carbons (Fsp3) is 0.190. The molecule has 0 atom stereocenters. The maximum Gasteiger partial charge on any atom is 0.349 e. The molecule has 1 aromatic carbocycles. The second-order valence-corrected chi connectivity index (χ2v) is 6.94. The Kier molecular flexibility index (Phi) is 5.33. The number of esters is 1. The van der Waals surface area contributed by atoms with Crippen LogP contribution in [-0.4, -0.2) is 21.1 Å². The number of carbonyl (C=O) groups is 1. The quantitative estimate of drug-likeness (QED) is 0.435. The average Bonchev–Trinajstić information content (AvgIpc) is 3.23. The molecule has 0 aliphatic heterocycles. The molecule has 0 saturated heterocycles. The van der Waals surface area contributed by atoms with Gasteiger partial charge in [0.25, 0.3) is 5.89 Å². The van der Waals surface area contributed by atoms with Gasteiger partial charge in [0.2, 0.25) is 5.82 Å². The number of pyridine rings is 1. The van der Waals surface area contributed by atoms with Crippen molar-refractivity contribution in [1.82, 2.24) is 15.1 Å². The Morgan fingerprint density at radius 1 is 1.23 bits per heavy atom. The van der Waals surface area contributed by atoms with Crippen LogP contribution >= 0.6 is 11.6 Å². The predicted molar refractivity (Wildman–Crippen MR) is 109 cm³/mol. The standard InChI is InChI=1S/C21H16ClN3O5/c1-3-17(26)28-10-13-9-23-11(2)18-15(13)8-16(21(27)29-18)20-24-19(25-30-20)12-4-6-14(22)7-5-12/h4-9H,3,10H2,1-2H3. The Labute approximate surface area is 175 Å². The van der Waals surface area contributed by atoms with Gasteiger partial charge in [-0.25, -0.2) is 4.79 Å². The highest BCUT2D eigenvalue weighted by atomic mass is 35.5. The Hall–Kier alpha value is -3.52. The van der Waals surface area contributed by atoms with Crippen LogP contribution in [0.5, 0.6) is 0 Å². The summed E-state index contributed by atoms with van der Waals surface area (Å²) in [7, 11) is 0. The van der Waals surface area contributed by atoms with Crippen LogP contribution in [0.3, 0.4) is 0 Å². The maximum atomic E-state index is 12.6. The summed E-state index contributed by atoms with van der Waals surface area (Å²) in [5.41, 5.74) is 1.59. The molecule has 4 rings (SSSR count). The van der Waals surface area contributed by atoms with Gasteiger partial charge in [-0.3, -0.25) is 9.78 Å². The lowest BCUT2D eigenvalue weighted by atomic mass is 10.1. The predicted octanol–water partition coefficient (Wildman–Crippen LogP) is 4.32. The number of benzene rings is 1. The number of nitrogens with zero attached hydrogens (tertiary/aromatic N) is 3. The van der Waals surface area contributed by atoms with Crippen molar-refractivity contribution >= 4 is 28.5 Å². The van der Waals surface area contributed by atoms with E-state index in [9.17, 15) is 9.59 Å². The minimum atomic E-state index is -0.638. The molecule has 0 bridgehead atoms. The van der Waals surface area contributed by atoms with Gasteiger partial charge in [-0.05, 0) is 37.3 Å². The van der Waals surface area contributed by atoms with Gasteiger partial charge >= 0.3 is 11.6 Å². The summed E-state index contributed by atoms with van der Waals surface area (Å²) in [4.78, 5) is 32.6. The zero-order chi connectivity index (χ0) is 21.3. The number of carbonyl (C=O) groups excluding carboxylic acids is 1. The van der Waals surface area contributed by atoms with Crippen LogP contribution in [0.1, 0.15) is 24.6 Å². The van der Waals surface area contributed by atoms with Crippen LogP contribution in [0.15, 0.2) is 50.3 Å². The van der Waals surface area contributed by atoms with E-state index in [1.807, 2.05) is 0 Å². The summed E-state index contributed by atoms with van der Waals surface area (Å²) < 4.78 is 16.0. The lowest BCUT2D eigenvalue weighted by Crippen LogP contribution is -2.07. The molecule has 9 heteroatoms. The van der Waals surface area contributed by atoms with Gasteiger partial charge in [-0.15, -0.1) is 0 Å². The highest BCUT2D eigenvalue weighted by molar-refractivity contribution is 6.30. The minimum Gasteiger partial charge on any atom is -0.461 e. The average molecular weight is 426 g/mol. The maximum absolute atomic E-state index is 12.6. The molecule has 0 fully saturated rings. The SMILES string of the molecule is CCC(=O)OCc1cnc(C)c2oc(=O)c(-c3nc(-c4ccc(Cl)cc4)no3)cc12. The van der Waals surface area contributed by atoms with Crippen LogP contribution in [0.25, 0.3) is 33.8 Å². The summed E-state index contributed by atoms with van der Waals surface area (Å²) in [6.07, 6.45) is 1.84. The van der Waals surface area contributed by atoms with Gasteiger partial charge in [-0.1, -0.05) is 23.7 Å². The largest absolute Gasteiger partial charge is 0.461 e. The zero-order valence-corrected chi connectivity index (χ0v) is 16.9. The number of aromatic nitrogens is 3. The number of ether oxygens (including phenoxy) is 1. The Morgan fingerprint density at radius 3 is 2.73 bits per heavy atom. The highest BCUT2D eigenvalue weighted by Crippen LogP contribution is 2.26. The fourth-order valence-electron chi connectivity index (χ4n) is 2.86. The van der Waals surface area contributed by atoms with E-state index in [-0.39, 0.29) is 30.5 Å². The fourth-order valence-corrected chi connectivity index (χ4v) is 2.98. The van der Waals surface area contributed by atoms with Crippen molar-refractivity contribution in [3.05, 3.63) is 63.2 Å². The molecular weight excluding hydrogens is 410 g/mol. The van der Waals surface area contributed by atoms with Crippen molar-refractivity contribution in [3.8, 4) is 22.8 Å². The minimum absolute atomic E-state index is 0.00345. The first-order chi connectivity index (χ1) is 14.5. The van der Waals surface area contributed by atoms with Gasteiger partial charge in [0.15, 0.2) is 5.58 Å². The molecule has 30 heavy (non-hydrogen) atoms. The number of rotatable bonds is 5.